The highest BCUT2D eigenvalue weighted by Gasteiger charge is 2.40. The van der Waals surface area contributed by atoms with Crippen molar-refractivity contribution in [3.05, 3.63) is 65.7 Å². The van der Waals surface area contributed by atoms with Crippen molar-refractivity contribution < 1.29 is 19.0 Å². The van der Waals surface area contributed by atoms with E-state index in [-0.39, 0.29) is 23.8 Å². The largest absolute Gasteiger partial charge is 0.491 e. The number of hydrogen-bond donors (Lipinski definition) is 0. The van der Waals surface area contributed by atoms with Crippen molar-refractivity contribution in [2.24, 2.45) is 0 Å². The number of hydrogen-bond acceptors (Lipinski definition) is 5. The molecule has 0 aromatic heterocycles. The van der Waals surface area contributed by atoms with Gasteiger partial charge in [-0.2, -0.15) is 0 Å². The van der Waals surface area contributed by atoms with Crippen molar-refractivity contribution in [3.8, 4) is 5.75 Å². The number of carbonyl (C=O) groups is 1. The molecule has 2 aromatic carbocycles. The molecule has 0 spiro atoms. The highest BCUT2D eigenvalue weighted by Crippen LogP contribution is 2.36. The summed E-state index contributed by atoms with van der Waals surface area (Å²) in [5, 5.41) is 0. The van der Waals surface area contributed by atoms with E-state index in [2.05, 4.69) is 37.8 Å². The molecule has 1 unspecified atom stereocenters. The second-order valence-electron chi connectivity index (χ2n) is 8.39. The number of benzene rings is 2. The van der Waals surface area contributed by atoms with E-state index in [0.29, 0.717) is 19.6 Å². The van der Waals surface area contributed by atoms with E-state index in [1.807, 2.05) is 42.5 Å². The molecule has 156 valence electrons. The maximum atomic E-state index is 10.8. The van der Waals surface area contributed by atoms with Gasteiger partial charge in [0.1, 0.15) is 24.7 Å². The van der Waals surface area contributed by atoms with E-state index in [1.165, 1.54) is 12.5 Å². The first kappa shape index (κ1) is 21.3. The molecule has 0 saturated carbocycles. The van der Waals surface area contributed by atoms with E-state index in [4.69, 9.17) is 14.2 Å². The summed E-state index contributed by atoms with van der Waals surface area (Å²) >= 11 is 0. The summed E-state index contributed by atoms with van der Waals surface area (Å²) in [4.78, 5) is 13.2. The molecule has 1 aliphatic rings. The quantitative estimate of drug-likeness (QED) is 0.650. The first-order chi connectivity index (χ1) is 13.8. The number of rotatable bonds is 7. The van der Waals surface area contributed by atoms with Crippen molar-refractivity contribution in [2.45, 2.75) is 52.0 Å². The molecule has 1 aliphatic heterocycles. The molecule has 2 aromatic rings. The van der Waals surface area contributed by atoms with Crippen molar-refractivity contribution in [2.75, 3.05) is 19.8 Å². The smallest absolute Gasteiger partial charge is 0.302 e. The minimum atomic E-state index is -0.250. The highest BCUT2D eigenvalue weighted by molar-refractivity contribution is 5.65. The van der Waals surface area contributed by atoms with Crippen LogP contribution < -0.4 is 4.74 Å². The molecule has 0 radical (unpaired) electrons. The van der Waals surface area contributed by atoms with E-state index in [1.54, 1.807) is 0 Å². The van der Waals surface area contributed by atoms with Crippen LogP contribution in [0, 0.1) is 0 Å². The Morgan fingerprint density at radius 2 is 1.79 bits per heavy atom. The summed E-state index contributed by atoms with van der Waals surface area (Å²) < 4.78 is 17.3. The Morgan fingerprint density at radius 3 is 2.41 bits per heavy atom. The highest BCUT2D eigenvalue weighted by atomic mass is 16.6. The fourth-order valence-corrected chi connectivity index (χ4v) is 3.46. The van der Waals surface area contributed by atoms with Crippen molar-refractivity contribution in [1.29, 1.82) is 0 Å². The normalized spacial score (nSPS) is 19.9. The van der Waals surface area contributed by atoms with Crippen LogP contribution in [0.4, 0.5) is 0 Å². The monoisotopic (exact) mass is 397 g/mol. The molecule has 0 amide bonds. The molecular formula is C24H31NO4. The maximum absolute atomic E-state index is 10.8. The van der Waals surface area contributed by atoms with Gasteiger partial charge in [-0.3, -0.25) is 9.69 Å². The number of ether oxygens (including phenoxy) is 3. The minimum absolute atomic E-state index is 0.00114. The Bertz CT molecular complexity index is 783. The van der Waals surface area contributed by atoms with Crippen LogP contribution in [0.25, 0.3) is 0 Å². The van der Waals surface area contributed by atoms with Gasteiger partial charge >= 0.3 is 5.97 Å². The van der Waals surface area contributed by atoms with E-state index >= 15 is 0 Å². The first-order valence-electron chi connectivity index (χ1n) is 10.1. The van der Waals surface area contributed by atoms with Gasteiger partial charge in [0.25, 0.3) is 0 Å². The minimum Gasteiger partial charge on any atom is -0.491 e. The number of carbonyl (C=O) groups excluding carboxylic acids is 1. The van der Waals surface area contributed by atoms with Gasteiger partial charge in [-0.15, -0.1) is 0 Å². The number of nitrogens with zero attached hydrogens (tertiary/aromatic N) is 1. The average Bonchev–Trinajstić information content (AvgIpc) is 3.13. The average molecular weight is 398 g/mol. The molecule has 0 aliphatic carbocycles. The second kappa shape index (κ2) is 9.42. The molecule has 0 bridgehead atoms. The zero-order valence-corrected chi connectivity index (χ0v) is 17.8. The predicted octanol–water partition coefficient (Wildman–Crippen LogP) is 4.37. The van der Waals surface area contributed by atoms with Gasteiger partial charge in [-0.1, -0.05) is 42.5 Å². The van der Waals surface area contributed by atoms with Crippen LogP contribution in [0.3, 0.4) is 0 Å². The molecular weight excluding hydrogens is 366 g/mol. The maximum Gasteiger partial charge on any atom is 0.302 e. The summed E-state index contributed by atoms with van der Waals surface area (Å²) in [6.45, 7) is 9.78. The molecule has 0 N–H and O–H groups in total. The Labute approximate surface area is 173 Å². The fraction of sp³-hybridized carbons (Fsp3) is 0.458. The van der Waals surface area contributed by atoms with Crippen molar-refractivity contribution in [1.82, 2.24) is 4.90 Å². The van der Waals surface area contributed by atoms with E-state index < -0.39 is 0 Å². The van der Waals surface area contributed by atoms with Gasteiger partial charge < -0.3 is 14.2 Å². The molecule has 29 heavy (non-hydrogen) atoms. The Hall–Kier alpha value is -2.37. The molecule has 3 rings (SSSR count). The van der Waals surface area contributed by atoms with Gasteiger partial charge in [0.05, 0.1) is 6.61 Å². The lowest BCUT2D eigenvalue weighted by atomic mass is 10.0. The van der Waals surface area contributed by atoms with Crippen molar-refractivity contribution in [3.63, 3.8) is 0 Å². The molecule has 1 heterocycles. The topological polar surface area (TPSA) is 48.0 Å². The van der Waals surface area contributed by atoms with Gasteiger partial charge in [-0.05, 0) is 44.0 Å². The fourth-order valence-electron chi connectivity index (χ4n) is 3.46. The van der Waals surface area contributed by atoms with Gasteiger partial charge in [0.2, 0.25) is 0 Å². The van der Waals surface area contributed by atoms with Gasteiger partial charge in [0, 0.05) is 25.4 Å². The van der Waals surface area contributed by atoms with Crippen LogP contribution in [-0.4, -0.2) is 42.3 Å². The third kappa shape index (κ3) is 6.05. The first-order valence-corrected chi connectivity index (χ1v) is 10.1. The second-order valence-corrected chi connectivity index (χ2v) is 8.39. The molecule has 5 heteroatoms. The molecule has 2 atom stereocenters. The van der Waals surface area contributed by atoms with Crippen LogP contribution in [0.1, 0.15) is 45.0 Å². The molecule has 5 nitrogen and oxygen atoms in total. The standard InChI is InChI=1S/C24H31NO4/c1-18(26)27-15-14-19-10-12-21(13-11-19)28-17-22-16-25(24(2,3)4)23(29-22)20-8-6-5-7-9-20/h5-13,22-23H,14-17H2,1-4H3/t22?,23-/m0/s1. The molecule has 1 fully saturated rings. The van der Waals surface area contributed by atoms with Gasteiger partial charge in [0.15, 0.2) is 0 Å². The van der Waals surface area contributed by atoms with Crippen LogP contribution in [-0.2, 0) is 20.7 Å². The van der Waals surface area contributed by atoms with Crippen LogP contribution in [0.15, 0.2) is 54.6 Å². The zero-order valence-electron chi connectivity index (χ0n) is 17.8. The summed E-state index contributed by atoms with van der Waals surface area (Å²) in [5.41, 5.74) is 2.28. The summed E-state index contributed by atoms with van der Waals surface area (Å²) in [6.07, 6.45) is 0.641. The Kier molecular flexibility index (Phi) is 6.93. The van der Waals surface area contributed by atoms with Crippen LogP contribution >= 0.6 is 0 Å². The molecule has 1 saturated heterocycles. The number of esters is 1. The van der Waals surface area contributed by atoms with Crippen LogP contribution in [0.5, 0.6) is 5.75 Å². The lowest BCUT2D eigenvalue weighted by molar-refractivity contribution is -0.140. The lowest BCUT2D eigenvalue weighted by Crippen LogP contribution is -2.42. The van der Waals surface area contributed by atoms with E-state index in [0.717, 1.165) is 17.9 Å². The zero-order chi connectivity index (χ0) is 20.9. The third-order valence-electron chi connectivity index (χ3n) is 5.01. The third-order valence-corrected chi connectivity index (χ3v) is 5.01. The van der Waals surface area contributed by atoms with Gasteiger partial charge in [-0.25, -0.2) is 0 Å². The lowest BCUT2D eigenvalue weighted by Gasteiger charge is -2.35. The summed E-state index contributed by atoms with van der Waals surface area (Å²) in [7, 11) is 0. The summed E-state index contributed by atoms with van der Waals surface area (Å²) in [5.74, 6) is 0.565. The Balaban J connectivity index is 1.56. The van der Waals surface area contributed by atoms with E-state index in [9.17, 15) is 4.79 Å². The van der Waals surface area contributed by atoms with Crippen molar-refractivity contribution >= 4 is 5.97 Å². The van der Waals surface area contributed by atoms with Crippen LogP contribution in [0.2, 0.25) is 0 Å². The Morgan fingerprint density at radius 1 is 1.10 bits per heavy atom. The SMILES string of the molecule is CC(=O)OCCc1ccc(OCC2CN(C(C)(C)C)[C@H](c3ccccc3)O2)cc1. The summed E-state index contributed by atoms with van der Waals surface area (Å²) in [6, 6.07) is 18.3. The predicted molar refractivity (Wildman–Crippen MR) is 113 cm³/mol.